The van der Waals surface area contributed by atoms with Gasteiger partial charge in [-0.3, -0.25) is 9.78 Å². The number of fused-ring (bicyclic) bond motifs is 1. The molecule has 0 aliphatic carbocycles. The van der Waals surface area contributed by atoms with Crippen molar-refractivity contribution in [3.05, 3.63) is 54.4 Å². The van der Waals surface area contributed by atoms with Crippen molar-refractivity contribution >= 4 is 22.5 Å². The van der Waals surface area contributed by atoms with Gasteiger partial charge in [0.05, 0.1) is 11.2 Å². The molecule has 0 radical (unpaired) electrons. The molecule has 114 valence electrons. The van der Waals surface area contributed by atoms with Gasteiger partial charge in [0, 0.05) is 42.0 Å². The summed E-state index contributed by atoms with van der Waals surface area (Å²) in [6.07, 6.45) is 5.15. The normalized spacial score (nSPS) is 14.7. The van der Waals surface area contributed by atoms with E-state index in [9.17, 15) is 4.79 Å². The lowest BCUT2D eigenvalue weighted by atomic mass is 10.1. The van der Waals surface area contributed by atoms with E-state index in [0.29, 0.717) is 6.42 Å². The highest BCUT2D eigenvalue weighted by Crippen LogP contribution is 2.29. The van der Waals surface area contributed by atoms with E-state index in [-0.39, 0.29) is 5.91 Å². The quantitative estimate of drug-likeness (QED) is 0.724. The monoisotopic (exact) mass is 303 g/mol. The molecule has 0 bridgehead atoms. The fourth-order valence-corrected chi connectivity index (χ4v) is 3.14. The van der Waals surface area contributed by atoms with E-state index in [2.05, 4.69) is 24.0 Å². The van der Waals surface area contributed by atoms with E-state index >= 15 is 0 Å². The van der Waals surface area contributed by atoms with Crippen LogP contribution >= 0.6 is 0 Å². The Morgan fingerprint density at radius 3 is 2.83 bits per heavy atom. The molecule has 0 saturated carbocycles. The Balaban J connectivity index is 1.85. The Morgan fingerprint density at radius 1 is 1.17 bits per heavy atom. The molecule has 1 saturated heterocycles. The van der Waals surface area contributed by atoms with Gasteiger partial charge in [0.15, 0.2) is 0 Å². The lowest BCUT2D eigenvalue weighted by molar-refractivity contribution is -0.117. The number of aryl methyl sites for hydroxylation is 1. The van der Waals surface area contributed by atoms with Crippen LogP contribution < -0.4 is 4.90 Å². The molecule has 0 unspecified atom stereocenters. The van der Waals surface area contributed by atoms with Gasteiger partial charge in [0.2, 0.25) is 5.91 Å². The highest BCUT2D eigenvalue weighted by Gasteiger charge is 2.22. The topological polar surface area (TPSA) is 46.1 Å². The van der Waals surface area contributed by atoms with Gasteiger partial charge in [-0.25, -0.2) is 4.98 Å². The molecule has 3 aromatic rings. The average Bonchev–Trinajstić information content (AvgIpc) is 3.01. The first-order valence-corrected chi connectivity index (χ1v) is 7.84. The summed E-state index contributed by atoms with van der Waals surface area (Å²) in [6, 6.07) is 12.1. The lowest BCUT2D eigenvalue weighted by Crippen LogP contribution is -2.23. The molecule has 1 aliphatic heterocycles. The Hall–Kier alpha value is -2.75. The fraction of sp³-hybridized carbons (Fsp3) is 0.211. The standard InChI is InChI=1S/C19H17N3O/c1-13-10-17(14-4-2-8-20-12-14)21-18-11-15(6-7-16(13)18)22-9-3-5-19(22)23/h2,4,6-8,10-12H,3,5,9H2,1H3. The summed E-state index contributed by atoms with van der Waals surface area (Å²) in [5.41, 5.74) is 4.94. The van der Waals surface area contributed by atoms with Crippen LogP contribution in [0.3, 0.4) is 0 Å². The highest BCUT2D eigenvalue weighted by atomic mass is 16.2. The van der Waals surface area contributed by atoms with Gasteiger partial charge in [-0.1, -0.05) is 6.07 Å². The van der Waals surface area contributed by atoms with Crippen molar-refractivity contribution in [2.75, 3.05) is 11.4 Å². The molecule has 1 fully saturated rings. The maximum absolute atomic E-state index is 12.0. The van der Waals surface area contributed by atoms with Crippen molar-refractivity contribution in [2.24, 2.45) is 0 Å². The van der Waals surface area contributed by atoms with Gasteiger partial charge in [0.1, 0.15) is 0 Å². The largest absolute Gasteiger partial charge is 0.312 e. The number of nitrogens with zero attached hydrogens (tertiary/aromatic N) is 3. The van der Waals surface area contributed by atoms with E-state index in [1.54, 1.807) is 6.20 Å². The molecule has 0 N–H and O–H groups in total. The lowest BCUT2D eigenvalue weighted by Gasteiger charge is -2.16. The van der Waals surface area contributed by atoms with E-state index in [0.717, 1.165) is 40.8 Å². The second-order valence-electron chi connectivity index (χ2n) is 5.92. The number of anilines is 1. The number of benzene rings is 1. The summed E-state index contributed by atoms with van der Waals surface area (Å²) >= 11 is 0. The molecule has 4 rings (SSSR count). The van der Waals surface area contributed by atoms with Gasteiger partial charge < -0.3 is 4.90 Å². The zero-order valence-corrected chi connectivity index (χ0v) is 13.0. The second kappa shape index (κ2) is 5.47. The predicted octanol–water partition coefficient (Wildman–Crippen LogP) is 3.73. The number of hydrogen-bond acceptors (Lipinski definition) is 3. The maximum Gasteiger partial charge on any atom is 0.227 e. The number of carbonyl (C=O) groups is 1. The Bertz CT molecular complexity index is 890. The first-order chi connectivity index (χ1) is 11.2. The molecule has 1 aliphatic rings. The van der Waals surface area contributed by atoms with Crippen LogP contribution in [0.1, 0.15) is 18.4 Å². The molecular formula is C19H17N3O. The number of rotatable bonds is 2. The SMILES string of the molecule is Cc1cc(-c2cccnc2)nc2cc(N3CCCC3=O)ccc12. The number of amides is 1. The van der Waals surface area contributed by atoms with Crippen molar-refractivity contribution in [1.29, 1.82) is 0 Å². The third kappa shape index (κ3) is 2.46. The zero-order chi connectivity index (χ0) is 15.8. The van der Waals surface area contributed by atoms with Crippen molar-refractivity contribution < 1.29 is 4.79 Å². The first-order valence-electron chi connectivity index (χ1n) is 7.84. The summed E-state index contributed by atoms with van der Waals surface area (Å²) in [4.78, 5) is 22.8. The zero-order valence-electron chi connectivity index (χ0n) is 13.0. The van der Waals surface area contributed by atoms with Crippen LogP contribution in [-0.4, -0.2) is 22.4 Å². The molecule has 23 heavy (non-hydrogen) atoms. The van der Waals surface area contributed by atoms with Gasteiger partial charge >= 0.3 is 0 Å². The number of pyridine rings is 2. The summed E-state index contributed by atoms with van der Waals surface area (Å²) < 4.78 is 0. The molecule has 0 spiro atoms. The summed E-state index contributed by atoms with van der Waals surface area (Å²) in [7, 11) is 0. The Morgan fingerprint density at radius 2 is 2.09 bits per heavy atom. The van der Waals surface area contributed by atoms with E-state index in [4.69, 9.17) is 4.98 Å². The van der Waals surface area contributed by atoms with E-state index < -0.39 is 0 Å². The Kier molecular flexibility index (Phi) is 3.30. The van der Waals surface area contributed by atoms with Crippen LogP contribution in [0, 0.1) is 6.92 Å². The van der Waals surface area contributed by atoms with Crippen LogP contribution in [0.15, 0.2) is 48.8 Å². The van der Waals surface area contributed by atoms with Crippen LogP contribution in [0.25, 0.3) is 22.2 Å². The van der Waals surface area contributed by atoms with E-state index in [1.165, 1.54) is 5.56 Å². The highest BCUT2D eigenvalue weighted by molar-refractivity contribution is 5.98. The number of hydrogen-bond donors (Lipinski definition) is 0. The molecule has 2 aromatic heterocycles. The minimum atomic E-state index is 0.199. The van der Waals surface area contributed by atoms with Crippen molar-refractivity contribution in [2.45, 2.75) is 19.8 Å². The molecule has 1 aromatic carbocycles. The number of carbonyl (C=O) groups excluding carboxylic acids is 1. The second-order valence-corrected chi connectivity index (χ2v) is 5.92. The van der Waals surface area contributed by atoms with E-state index in [1.807, 2.05) is 35.4 Å². The van der Waals surface area contributed by atoms with Crippen molar-refractivity contribution in [3.8, 4) is 11.3 Å². The van der Waals surface area contributed by atoms with Crippen LogP contribution in [-0.2, 0) is 4.79 Å². The minimum Gasteiger partial charge on any atom is -0.312 e. The predicted molar refractivity (Wildman–Crippen MR) is 91.3 cm³/mol. The summed E-state index contributed by atoms with van der Waals surface area (Å²) in [5, 5.41) is 1.12. The van der Waals surface area contributed by atoms with Crippen LogP contribution in [0.2, 0.25) is 0 Å². The van der Waals surface area contributed by atoms with Gasteiger partial charge in [-0.15, -0.1) is 0 Å². The summed E-state index contributed by atoms with van der Waals surface area (Å²) in [6.45, 7) is 2.89. The van der Waals surface area contributed by atoms with Gasteiger partial charge in [-0.2, -0.15) is 0 Å². The molecule has 4 nitrogen and oxygen atoms in total. The molecular weight excluding hydrogens is 286 g/mol. The van der Waals surface area contributed by atoms with Gasteiger partial charge in [-0.05, 0) is 49.2 Å². The van der Waals surface area contributed by atoms with Crippen LogP contribution in [0.5, 0.6) is 0 Å². The van der Waals surface area contributed by atoms with Crippen molar-refractivity contribution in [3.63, 3.8) is 0 Å². The molecule has 4 heteroatoms. The maximum atomic E-state index is 12.0. The summed E-state index contributed by atoms with van der Waals surface area (Å²) in [5.74, 6) is 0.199. The third-order valence-electron chi connectivity index (χ3n) is 4.34. The first kappa shape index (κ1) is 13.9. The average molecular weight is 303 g/mol. The third-order valence-corrected chi connectivity index (χ3v) is 4.34. The molecule has 1 amide bonds. The molecule has 0 atom stereocenters. The minimum absolute atomic E-state index is 0.199. The smallest absolute Gasteiger partial charge is 0.227 e. The Labute approximate surface area is 134 Å². The number of aromatic nitrogens is 2. The van der Waals surface area contributed by atoms with Crippen molar-refractivity contribution in [1.82, 2.24) is 9.97 Å². The fourth-order valence-electron chi connectivity index (χ4n) is 3.14. The van der Waals surface area contributed by atoms with Gasteiger partial charge in [0.25, 0.3) is 0 Å². The van der Waals surface area contributed by atoms with Crippen LogP contribution in [0.4, 0.5) is 5.69 Å². The molecule has 3 heterocycles.